The summed E-state index contributed by atoms with van der Waals surface area (Å²) in [6.45, 7) is 13.7. The molecule has 0 saturated carbocycles. The number of benzene rings is 1. The zero-order valence-corrected chi connectivity index (χ0v) is 14.2. The number of hydrogen-bond donors (Lipinski definition) is 1. The molecule has 0 aliphatic heterocycles. The van der Waals surface area contributed by atoms with Crippen molar-refractivity contribution in [3.05, 3.63) is 29.8 Å². The molecular weight excluding hydrogens is 260 g/mol. The van der Waals surface area contributed by atoms with Gasteiger partial charge in [0.05, 0.1) is 0 Å². The van der Waals surface area contributed by atoms with Crippen molar-refractivity contribution in [3.8, 4) is 5.75 Å². The zero-order chi connectivity index (χ0) is 15.5. The fourth-order valence-electron chi connectivity index (χ4n) is 2.41. The highest BCUT2D eigenvalue weighted by Gasteiger charge is 2.10. The van der Waals surface area contributed by atoms with Crippen LogP contribution in [0.3, 0.4) is 0 Å². The molecule has 1 atom stereocenters. The van der Waals surface area contributed by atoms with Crippen LogP contribution >= 0.6 is 0 Å². The normalized spacial score (nSPS) is 12.6. The Bertz CT molecular complexity index is 381. The molecule has 120 valence electrons. The van der Waals surface area contributed by atoms with Crippen LogP contribution in [0.5, 0.6) is 5.75 Å². The van der Waals surface area contributed by atoms with Crippen molar-refractivity contribution in [2.75, 3.05) is 26.2 Å². The molecule has 1 unspecified atom stereocenters. The second-order valence-electron chi connectivity index (χ2n) is 5.52. The molecular formula is C18H32N2O. The number of nitrogens with zero attached hydrogens (tertiary/aromatic N) is 1. The Morgan fingerprint density at radius 2 is 1.95 bits per heavy atom. The molecule has 0 saturated heterocycles. The van der Waals surface area contributed by atoms with E-state index in [4.69, 9.17) is 4.74 Å². The minimum Gasteiger partial charge on any atom is -0.492 e. The molecule has 1 aromatic carbocycles. The van der Waals surface area contributed by atoms with E-state index in [9.17, 15) is 0 Å². The lowest BCUT2D eigenvalue weighted by Gasteiger charge is -2.26. The third kappa shape index (κ3) is 6.49. The summed E-state index contributed by atoms with van der Waals surface area (Å²) in [5.74, 6) is 1.02. The van der Waals surface area contributed by atoms with E-state index in [0.29, 0.717) is 6.04 Å². The molecule has 1 aromatic rings. The Balaban J connectivity index is 2.47. The Hall–Kier alpha value is -1.06. The van der Waals surface area contributed by atoms with Gasteiger partial charge in [0, 0.05) is 24.7 Å². The molecule has 0 amide bonds. The summed E-state index contributed by atoms with van der Waals surface area (Å²) >= 11 is 0. The van der Waals surface area contributed by atoms with Gasteiger partial charge in [0.25, 0.3) is 0 Å². The first-order valence-corrected chi connectivity index (χ1v) is 8.38. The van der Waals surface area contributed by atoms with Gasteiger partial charge in [0.2, 0.25) is 0 Å². The molecule has 0 aliphatic carbocycles. The van der Waals surface area contributed by atoms with Crippen molar-refractivity contribution < 1.29 is 4.74 Å². The highest BCUT2D eigenvalue weighted by Crippen LogP contribution is 2.17. The molecule has 0 heterocycles. The smallest absolute Gasteiger partial charge is 0.123 e. The first kappa shape index (κ1) is 18.0. The summed E-state index contributed by atoms with van der Waals surface area (Å²) in [4.78, 5) is 2.47. The van der Waals surface area contributed by atoms with Crippen molar-refractivity contribution in [1.82, 2.24) is 10.2 Å². The van der Waals surface area contributed by atoms with E-state index in [1.165, 1.54) is 12.0 Å². The quantitative estimate of drug-likeness (QED) is 0.630. The maximum atomic E-state index is 6.01. The molecule has 3 heteroatoms. The Labute approximate surface area is 130 Å². The first-order valence-electron chi connectivity index (χ1n) is 8.38. The Kier molecular flexibility index (Phi) is 9.11. The van der Waals surface area contributed by atoms with Gasteiger partial charge in [0.15, 0.2) is 0 Å². The summed E-state index contributed by atoms with van der Waals surface area (Å²) < 4.78 is 6.01. The summed E-state index contributed by atoms with van der Waals surface area (Å²) in [6, 6.07) is 8.96. The molecule has 1 rings (SSSR count). The average molecular weight is 292 g/mol. The second kappa shape index (κ2) is 10.6. The standard InChI is InChI=1S/C18H32N2O/c1-5-12-19-15-17-10-8-9-11-18(17)21-14-13-20(7-3)16(4)6-2/h8-11,16,19H,5-7,12-15H2,1-4H3. The Morgan fingerprint density at radius 1 is 1.19 bits per heavy atom. The number of ether oxygens (including phenoxy) is 1. The van der Waals surface area contributed by atoms with Gasteiger partial charge >= 0.3 is 0 Å². The monoisotopic (exact) mass is 292 g/mol. The molecule has 0 aliphatic rings. The van der Waals surface area contributed by atoms with Crippen molar-refractivity contribution >= 4 is 0 Å². The first-order chi connectivity index (χ1) is 10.2. The van der Waals surface area contributed by atoms with Gasteiger partial charge in [-0.3, -0.25) is 4.90 Å². The maximum Gasteiger partial charge on any atom is 0.123 e. The minimum atomic E-state index is 0.625. The van der Waals surface area contributed by atoms with Crippen LogP contribution in [-0.2, 0) is 6.54 Å². The zero-order valence-electron chi connectivity index (χ0n) is 14.2. The SMILES string of the molecule is CCCNCc1ccccc1OCCN(CC)C(C)CC. The van der Waals surface area contributed by atoms with Gasteiger partial charge in [-0.15, -0.1) is 0 Å². The lowest BCUT2D eigenvalue weighted by atomic mass is 10.2. The van der Waals surface area contributed by atoms with Crippen LogP contribution in [0, 0.1) is 0 Å². The molecule has 21 heavy (non-hydrogen) atoms. The van der Waals surface area contributed by atoms with Crippen LogP contribution in [0.25, 0.3) is 0 Å². The van der Waals surface area contributed by atoms with Gasteiger partial charge in [-0.2, -0.15) is 0 Å². The second-order valence-corrected chi connectivity index (χ2v) is 5.52. The number of hydrogen-bond acceptors (Lipinski definition) is 3. The van der Waals surface area contributed by atoms with Crippen LogP contribution in [-0.4, -0.2) is 37.2 Å². The van der Waals surface area contributed by atoms with E-state index < -0.39 is 0 Å². The molecule has 0 bridgehead atoms. The van der Waals surface area contributed by atoms with E-state index in [1.807, 2.05) is 6.07 Å². The highest BCUT2D eigenvalue weighted by atomic mass is 16.5. The maximum absolute atomic E-state index is 6.01. The van der Waals surface area contributed by atoms with Crippen LogP contribution in [0.2, 0.25) is 0 Å². The third-order valence-electron chi connectivity index (χ3n) is 3.97. The van der Waals surface area contributed by atoms with E-state index in [0.717, 1.165) is 45.0 Å². The van der Waals surface area contributed by atoms with Gasteiger partial charge in [0.1, 0.15) is 12.4 Å². The molecule has 0 radical (unpaired) electrons. The minimum absolute atomic E-state index is 0.625. The number of rotatable bonds is 11. The molecule has 0 spiro atoms. The highest BCUT2D eigenvalue weighted by molar-refractivity contribution is 5.33. The predicted octanol–water partition coefficient (Wildman–Crippen LogP) is 3.69. The van der Waals surface area contributed by atoms with E-state index in [2.05, 4.69) is 56.1 Å². The van der Waals surface area contributed by atoms with Crippen LogP contribution in [0.15, 0.2) is 24.3 Å². The van der Waals surface area contributed by atoms with Crippen molar-refractivity contribution in [1.29, 1.82) is 0 Å². The third-order valence-corrected chi connectivity index (χ3v) is 3.97. The topological polar surface area (TPSA) is 24.5 Å². The average Bonchev–Trinajstić information content (AvgIpc) is 2.52. The van der Waals surface area contributed by atoms with Crippen LogP contribution in [0.1, 0.15) is 46.1 Å². The van der Waals surface area contributed by atoms with E-state index in [1.54, 1.807) is 0 Å². The fourth-order valence-corrected chi connectivity index (χ4v) is 2.41. The molecule has 0 aromatic heterocycles. The van der Waals surface area contributed by atoms with Gasteiger partial charge < -0.3 is 10.1 Å². The summed E-state index contributed by atoms with van der Waals surface area (Å²) in [7, 11) is 0. The lowest BCUT2D eigenvalue weighted by molar-refractivity contribution is 0.171. The van der Waals surface area contributed by atoms with Crippen molar-refractivity contribution in [3.63, 3.8) is 0 Å². The van der Waals surface area contributed by atoms with Gasteiger partial charge in [-0.05, 0) is 38.9 Å². The Morgan fingerprint density at radius 3 is 2.62 bits per heavy atom. The van der Waals surface area contributed by atoms with Crippen LogP contribution in [0.4, 0.5) is 0 Å². The van der Waals surface area contributed by atoms with Crippen LogP contribution < -0.4 is 10.1 Å². The largest absolute Gasteiger partial charge is 0.492 e. The van der Waals surface area contributed by atoms with Gasteiger partial charge in [-0.25, -0.2) is 0 Å². The van der Waals surface area contributed by atoms with Gasteiger partial charge in [-0.1, -0.05) is 39.0 Å². The van der Waals surface area contributed by atoms with E-state index in [-0.39, 0.29) is 0 Å². The van der Waals surface area contributed by atoms with Crippen molar-refractivity contribution in [2.45, 2.75) is 53.1 Å². The molecule has 0 fully saturated rings. The summed E-state index contributed by atoms with van der Waals surface area (Å²) in [5.41, 5.74) is 1.25. The lowest BCUT2D eigenvalue weighted by Crippen LogP contribution is -2.35. The number of likely N-dealkylation sites (N-methyl/N-ethyl adjacent to an activating group) is 1. The summed E-state index contributed by atoms with van der Waals surface area (Å²) in [6.07, 6.45) is 2.34. The fraction of sp³-hybridized carbons (Fsp3) is 0.667. The summed E-state index contributed by atoms with van der Waals surface area (Å²) in [5, 5.41) is 3.44. The number of para-hydroxylation sites is 1. The molecule has 3 nitrogen and oxygen atoms in total. The molecule has 1 N–H and O–H groups in total. The van der Waals surface area contributed by atoms with E-state index >= 15 is 0 Å². The predicted molar refractivity (Wildman–Crippen MR) is 90.9 cm³/mol. The van der Waals surface area contributed by atoms with Crippen molar-refractivity contribution in [2.24, 2.45) is 0 Å². The number of nitrogens with one attached hydrogen (secondary N) is 1.